The van der Waals surface area contributed by atoms with Crippen LogP contribution in [0.3, 0.4) is 0 Å². The van der Waals surface area contributed by atoms with Crippen molar-refractivity contribution in [2.45, 2.75) is 75.9 Å². The van der Waals surface area contributed by atoms with Crippen molar-refractivity contribution in [2.75, 3.05) is 0 Å². The maximum absolute atomic E-state index is 14.7. The normalized spacial score (nSPS) is 15.1. The van der Waals surface area contributed by atoms with Crippen LogP contribution in [-0.2, 0) is 12.8 Å². The fourth-order valence-electron chi connectivity index (χ4n) is 5.04. The van der Waals surface area contributed by atoms with Crippen LogP contribution < -0.4 is 0 Å². The zero-order valence-corrected chi connectivity index (χ0v) is 20.8. The number of rotatable bonds is 9. The van der Waals surface area contributed by atoms with Crippen LogP contribution in [0.1, 0.15) is 61.6 Å². The van der Waals surface area contributed by atoms with E-state index in [2.05, 4.69) is 31.2 Å². The van der Waals surface area contributed by atoms with E-state index in [1.54, 1.807) is 18.2 Å². The van der Waals surface area contributed by atoms with Gasteiger partial charge in [-0.15, -0.1) is 0 Å². The topological polar surface area (TPSA) is 0 Å². The summed E-state index contributed by atoms with van der Waals surface area (Å²) < 4.78 is 27.8. The summed E-state index contributed by atoms with van der Waals surface area (Å²) in [7, 11) is -0.0857. The van der Waals surface area contributed by atoms with Crippen molar-refractivity contribution in [3.8, 4) is 11.1 Å². The van der Waals surface area contributed by atoms with E-state index in [0.29, 0.717) is 6.42 Å². The first kappa shape index (κ1) is 23.9. The quantitative estimate of drug-likeness (QED) is 0.220. The summed E-state index contributed by atoms with van der Waals surface area (Å²) in [4.78, 5) is 0. The summed E-state index contributed by atoms with van der Waals surface area (Å²) in [5.41, 5.74) is 5.09. The Bertz CT molecular complexity index is 1000. The van der Waals surface area contributed by atoms with Gasteiger partial charge in [0.15, 0.2) is 0 Å². The molecule has 0 N–H and O–H groups in total. The van der Waals surface area contributed by atoms with Crippen molar-refractivity contribution < 1.29 is 8.78 Å². The van der Waals surface area contributed by atoms with E-state index >= 15 is 0 Å². The van der Waals surface area contributed by atoms with Crippen molar-refractivity contribution in [2.24, 2.45) is 0 Å². The zero-order valence-electron chi connectivity index (χ0n) is 19.8. The van der Waals surface area contributed by atoms with E-state index in [0.717, 1.165) is 29.0 Å². The van der Waals surface area contributed by atoms with E-state index in [1.807, 2.05) is 12.1 Å². The SMILES string of the molecule is CCCCC[Si]1CCC(c2ccc(CCc3ccc(-c4ccc(F)cc4)cc3F)cc2)CC1. The lowest BCUT2D eigenvalue weighted by atomic mass is 9.92. The number of halogens is 2. The molecule has 0 aliphatic carbocycles. The van der Waals surface area contributed by atoms with Gasteiger partial charge in [-0.25, -0.2) is 8.78 Å². The molecule has 1 radical (unpaired) electrons. The van der Waals surface area contributed by atoms with Gasteiger partial charge in [0.2, 0.25) is 0 Å². The molecule has 3 heteroatoms. The van der Waals surface area contributed by atoms with E-state index in [9.17, 15) is 8.78 Å². The van der Waals surface area contributed by atoms with E-state index in [-0.39, 0.29) is 20.4 Å². The second-order valence-corrected chi connectivity index (χ2v) is 12.5. The summed E-state index contributed by atoms with van der Waals surface area (Å²) in [5.74, 6) is 0.265. The lowest BCUT2D eigenvalue weighted by molar-refractivity contribution is 0.602. The fourth-order valence-corrected chi connectivity index (χ4v) is 8.06. The number of hydrogen-bond donors (Lipinski definition) is 0. The van der Waals surface area contributed by atoms with Crippen LogP contribution in [0.4, 0.5) is 8.78 Å². The third kappa shape index (κ3) is 6.63. The molecule has 0 amide bonds. The van der Waals surface area contributed by atoms with Gasteiger partial charge < -0.3 is 0 Å². The Kier molecular flexibility index (Phi) is 8.50. The minimum absolute atomic E-state index is 0.0857. The first-order chi connectivity index (χ1) is 16.1. The van der Waals surface area contributed by atoms with Crippen molar-refractivity contribution in [1.29, 1.82) is 0 Å². The summed E-state index contributed by atoms with van der Waals surface area (Å²) in [6, 6.07) is 25.1. The molecule has 1 aliphatic rings. The van der Waals surface area contributed by atoms with Crippen LogP contribution in [0.15, 0.2) is 66.7 Å². The van der Waals surface area contributed by atoms with Gasteiger partial charge in [0.05, 0.1) is 0 Å². The Morgan fingerprint density at radius 2 is 1.48 bits per heavy atom. The van der Waals surface area contributed by atoms with E-state index in [4.69, 9.17) is 0 Å². The molecule has 0 unspecified atom stereocenters. The summed E-state index contributed by atoms with van der Waals surface area (Å²) in [6.07, 6.45) is 8.43. The first-order valence-electron chi connectivity index (χ1n) is 12.6. The molecule has 0 spiro atoms. The molecule has 173 valence electrons. The molecule has 1 saturated heterocycles. The Labute approximate surface area is 199 Å². The average molecular weight is 462 g/mol. The minimum atomic E-state index is -0.279. The van der Waals surface area contributed by atoms with Gasteiger partial charge in [0, 0.05) is 8.80 Å². The van der Waals surface area contributed by atoms with Crippen LogP contribution >= 0.6 is 0 Å². The smallest absolute Gasteiger partial charge is 0.127 e. The van der Waals surface area contributed by atoms with Gasteiger partial charge in [0.25, 0.3) is 0 Å². The lowest BCUT2D eigenvalue weighted by Crippen LogP contribution is -2.20. The predicted octanol–water partition coefficient (Wildman–Crippen LogP) is 8.98. The van der Waals surface area contributed by atoms with E-state index < -0.39 is 0 Å². The number of benzene rings is 3. The van der Waals surface area contributed by atoms with Crippen LogP contribution in [-0.4, -0.2) is 8.80 Å². The third-order valence-corrected chi connectivity index (χ3v) is 10.2. The molecule has 0 saturated carbocycles. The number of unbranched alkanes of at least 4 members (excludes halogenated alkanes) is 2. The Balaban J connectivity index is 1.29. The highest BCUT2D eigenvalue weighted by molar-refractivity contribution is 6.59. The van der Waals surface area contributed by atoms with Gasteiger partial charge in [0.1, 0.15) is 11.6 Å². The molecular formula is C30H35F2Si. The Morgan fingerprint density at radius 3 is 2.15 bits per heavy atom. The van der Waals surface area contributed by atoms with Crippen molar-refractivity contribution >= 4 is 8.80 Å². The lowest BCUT2D eigenvalue weighted by Gasteiger charge is -2.28. The van der Waals surface area contributed by atoms with Gasteiger partial charge in [-0.05, 0) is 77.6 Å². The van der Waals surface area contributed by atoms with Crippen molar-refractivity contribution in [1.82, 2.24) is 0 Å². The molecule has 3 aromatic carbocycles. The van der Waals surface area contributed by atoms with Crippen LogP contribution in [0.25, 0.3) is 11.1 Å². The largest absolute Gasteiger partial charge is 0.207 e. The summed E-state index contributed by atoms with van der Waals surface area (Å²) in [5, 5.41) is 0. The highest BCUT2D eigenvalue weighted by Crippen LogP contribution is 2.35. The molecule has 1 fully saturated rings. The maximum Gasteiger partial charge on any atom is 0.127 e. The average Bonchev–Trinajstić information content (AvgIpc) is 2.85. The van der Waals surface area contributed by atoms with Crippen LogP contribution in [0.2, 0.25) is 18.1 Å². The van der Waals surface area contributed by atoms with Crippen LogP contribution in [0, 0.1) is 11.6 Å². The van der Waals surface area contributed by atoms with Crippen LogP contribution in [0.5, 0.6) is 0 Å². The van der Waals surface area contributed by atoms with Crippen molar-refractivity contribution in [3.63, 3.8) is 0 Å². The predicted molar refractivity (Wildman–Crippen MR) is 137 cm³/mol. The molecule has 1 aliphatic heterocycles. The zero-order chi connectivity index (χ0) is 23.0. The molecule has 33 heavy (non-hydrogen) atoms. The highest BCUT2D eigenvalue weighted by Gasteiger charge is 2.23. The second kappa shape index (κ2) is 11.7. The molecule has 0 bridgehead atoms. The van der Waals surface area contributed by atoms with Gasteiger partial charge in [-0.3, -0.25) is 0 Å². The van der Waals surface area contributed by atoms with Gasteiger partial charge in [-0.1, -0.05) is 92.8 Å². The van der Waals surface area contributed by atoms with E-state index in [1.165, 1.54) is 73.5 Å². The molecule has 0 atom stereocenters. The molecule has 0 aromatic heterocycles. The van der Waals surface area contributed by atoms with Gasteiger partial charge in [-0.2, -0.15) is 0 Å². The maximum atomic E-state index is 14.7. The molecule has 1 heterocycles. The molecule has 4 rings (SSSR count). The first-order valence-corrected chi connectivity index (χ1v) is 14.7. The highest BCUT2D eigenvalue weighted by atomic mass is 28.3. The molecular weight excluding hydrogens is 426 g/mol. The standard InChI is InChI=1S/C30H35F2Si/c1-2-3-4-19-33-20-17-26(18-21-33)24-8-5-23(6-9-24)7-10-27-11-12-28(22-30(27)32)25-13-15-29(31)16-14-25/h5-6,8-9,11-16,22,26H,2-4,7,10,17-21H2,1H3. The van der Waals surface area contributed by atoms with Gasteiger partial charge >= 0.3 is 0 Å². The fraction of sp³-hybridized carbons (Fsp3) is 0.400. The minimum Gasteiger partial charge on any atom is -0.207 e. The summed E-state index contributed by atoms with van der Waals surface area (Å²) in [6.45, 7) is 2.29. The monoisotopic (exact) mass is 461 g/mol. The Hall–Kier alpha value is -2.26. The van der Waals surface area contributed by atoms with Crippen molar-refractivity contribution in [3.05, 3.63) is 95.1 Å². The number of aryl methyl sites for hydroxylation is 2. The molecule has 0 nitrogen and oxygen atoms in total. The second-order valence-electron chi connectivity index (χ2n) is 9.54. The Morgan fingerprint density at radius 1 is 0.788 bits per heavy atom. The third-order valence-electron chi connectivity index (χ3n) is 7.19. The number of hydrogen-bond acceptors (Lipinski definition) is 0. The molecule has 3 aromatic rings. The summed E-state index contributed by atoms with van der Waals surface area (Å²) >= 11 is 0.